The van der Waals surface area contributed by atoms with Crippen molar-refractivity contribution in [3.8, 4) is 22.5 Å². The maximum absolute atomic E-state index is 2.50. The second-order valence-corrected chi connectivity index (χ2v) is 14.2. The molecule has 0 fully saturated rings. The minimum absolute atomic E-state index is 0.265. The van der Waals surface area contributed by atoms with E-state index in [1.165, 1.54) is 88.6 Å². The van der Waals surface area contributed by atoms with Crippen molar-refractivity contribution < 1.29 is 0 Å². The Morgan fingerprint density at radius 3 is 1.65 bits per heavy atom. The lowest BCUT2D eigenvalue weighted by Crippen LogP contribution is -2.28. The molecule has 2 aromatic heterocycles. The van der Waals surface area contributed by atoms with E-state index < -0.39 is 0 Å². The summed E-state index contributed by atoms with van der Waals surface area (Å²) in [5, 5.41) is 5.07. The molecular formula is C49H35N3. The molecule has 3 nitrogen and oxygen atoms in total. The van der Waals surface area contributed by atoms with Gasteiger partial charge in [-0.05, 0) is 102 Å². The van der Waals surface area contributed by atoms with E-state index in [1.807, 2.05) is 0 Å². The Kier molecular flexibility index (Phi) is 6.29. The first-order chi connectivity index (χ1) is 25.7. The molecule has 3 heteroatoms. The summed E-state index contributed by atoms with van der Waals surface area (Å²) < 4.78 is 4.84. The van der Waals surface area contributed by atoms with Crippen LogP contribution in [0, 0.1) is 6.92 Å². The monoisotopic (exact) mass is 665 g/mol. The highest BCUT2D eigenvalue weighted by molar-refractivity contribution is 6.12. The lowest BCUT2D eigenvalue weighted by Gasteiger charge is -2.28. The van der Waals surface area contributed by atoms with Crippen molar-refractivity contribution >= 4 is 55.0 Å². The minimum Gasteiger partial charge on any atom is -0.333 e. The number of allylic oxidation sites excluding steroid dienone is 2. The number of anilines is 2. The molecule has 0 amide bonds. The van der Waals surface area contributed by atoms with E-state index in [-0.39, 0.29) is 6.04 Å². The molecule has 2 unspecified atom stereocenters. The Balaban J connectivity index is 1.06. The van der Waals surface area contributed by atoms with E-state index in [1.54, 1.807) is 0 Å². The van der Waals surface area contributed by atoms with E-state index in [9.17, 15) is 0 Å². The van der Waals surface area contributed by atoms with Crippen LogP contribution in [0.4, 0.5) is 11.4 Å². The fraction of sp³-hybridized carbons (Fsp3) is 0.0612. The average molecular weight is 666 g/mol. The molecule has 0 saturated heterocycles. The normalized spacial score (nSPS) is 16.4. The van der Waals surface area contributed by atoms with E-state index in [4.69, 9.17) is 0 Å². The largest absolute Gasteiger partial charge is 0.333 e. The van der Waals surface area contributed by atoms with Gasteiger partial charge < -0.3 is 14.0 Å². The van der Waals surface area contributed by atoms with E-state index in [2.05, 4.69) is 203 Å². The number of nitrogens with zero attached hydrogens (tertiary/aromatic N) is 3. The Hall–Kier alpha value is -6.58. The second kappa shape index (κ2) is 11.2. The number of para-hydroxylation sites is 3. The predicted molar refractivity (Wildman–Crippen MR) is 219 cm³/mol. The van der Waals surface area contributed by atoms with Crippen LogP contribution in [0.2, 0.25) is 0 Å². The molecule has 0 bridgehead atoms. The third kappa shape index (κ3) is 4.26. The van der Waals surface area contributed by atoms with Gasteiger partial charge in [-0.1, -0.05) is 109 Å². The van der Waals surface area contributed by atoms with Crippen molar-refractivity contribution in [3.63, 3.8) is 0 Å². The number of hydrogen-bond acceptors (Lipinski definition) is 1. The van der Waals surface area contributed by atoms with Gasteiger partial charge in [0.2, 0.25) is 0 Å². The molecule has 52 heavy (non-hydrogen) atoms. The molecule has 0 saturated carbocycles. The van der Waals surface area contributed by atoms with Gasteiger partial charge in [0, 0.05) is 50.2 Å². The van der Waals surface area contributed by atoms with E-state index in [0.717, 1.165) is 0 Å². The van der Waals surface area contributed by atoms with Gasteiger partial charge >= 0.3 is 0 Å². The SMILES string of the molecule is Cc1ccc(-n2c3ccccc3c3cc(-c4ccc5c(c4)c4ccccc4n5-c4ccc5c(c4)C4C=CC=CC4N5c4ccccc4)ccc32)cc1. The number of aromatic nitrogens is 2. The number of rotatable bonds is 4. The molecular weight excluding hydrogens is 631 g/mol. The van der Waals surface area contributed by atoms with Gasteiger partial charge in [-0.15, -0.1) is 0 Å². The third-order valence-electron chi connectivity index (χ3n) is 11.3. The molecule has 0 radical (unpaired) electrons. The van der Waals surface area contributed by atoms with Crippen LogP contribution < -0.4 is 4.90 Å². The molecule has 0 spiro atoms. The van der Waals surface area contributed by atoms with E-state index >= 15 is 0 Å². The van der Waals surface area contributed by atoms with Crippen molar-refractivity contribution in [1.29, 1.82) is 0 Å². The number of fused-ring (bicyclic) bond motifs is 9. The fourth-order valence-electron chi connectivity index (χ4n) is 8.91. The van der Waals surface area contributed by atoms with Gasteiger partial charge in [0.05, 0.1) is 28.1 Å². The third-order valence-corrected chi connectivity index (χ3v) is 11.3. The van der Waals surface area contributed by atoms with Gasteiger partial charge in [-0.2, -0.15) is 0 Å². The highest BCUT2D eigenvalue weighted by Crippen LogP contribution is 2.49. The summed E-state index contributed by atoms with van der Waals surface area (Å²) in [6.07, 6.45) is 9.10. The summed E-state index contributed by atoms with van der Waals surface area (Å²) in [6.45, 7) is 2.14. The molecule has 246 valence electrons. The van der Waals surface area contributed by atoms with Crippen LogP contribution in [0.5, 0.6) is 0 Å². The lowest BCUT2D eigenvalue weighted by molar-refractivity contribution is 0.744. The molecule has 1 aliphatic heterocycles. The molecule has 2 atom stereocenters. The van der Waals surface area contributed by atoms with Crippen LogP contribution >= 0.6 is 0 Å². The number of aryl methyl sites for hydroxylation is 1. The quantitative estimate of drug-likeness (QED) is 0.182. The fourth-order valence-corrected chi connectivity index (χ4v) is 8.91. The first-order valence-corrected chi connectivity index (χ1v) is 18.2. The number of hydrogen-bond donors (Lipinski definition) is 0. The molecule has 9 aromatic rings. The standard InChI is InChI=1S/C49H35N3/c1-32-19-23-36(24-20-32)51-44-16-8-5-13-38(44)41-29-33(21-26-47(41)51)34-22-27-48-42(30-34)39-14-6-10-18-46(39)52(48)37-25-28-49-43(31-37)40-15-7-9-17-45(40)50(49)35-11-3-2-4-12-35/h2-31,40,45H,1H3. The van der Waals surface area contributed by atoms with Gasteiger partial charge in [-0.25, -0.2) is 0 Å². The average Bonchev–Trinajstić information content (AvgIpc) is 3.83. The van der Waals surface area contributed by atoms with Gasteiger partial charge in [-0.3, -0.25) is 0 Å². The maximum atomic E-state index is 2.50. The van der Waals surface area contributed by atoms with Crippen LogP contribution in [-0.4, -0.2) is 15.2 Å². The Morgan fingerprint density at radius 1 is 0.423 bits per heavy atom. The molecule has 11 rings (SSSR count). The topological polar surface area (TPSA) is 13.1 Å². The van der Waals surface area contributed by atoms with Crippen LogP contribution in [-0.2, 0) is 0 Å². The summed E-state index contributed by atoms with van der Waals surface area (Å²) in [6, 6.07) is 58.5. The molecule has 7 aromatic carbocycles. The molecule has 0 N–H and O–H groups in total. The Morgan fingerprint density at radius 2 is 0.981 bits per heavy atom. The Bertz CT molecular complexity index is 2920. The Labute approximate surface area is 302 Å². The van der Waals surface area contributed by atoms with Crippen LogP contribution in [0.1, 0.15) is 17.0 Å². The first-order valence-electron chi connectivity index (χ1n) is 18.2. The predicted octanol–water partition coefficient (Wildman–Crippen LogP) is 12.6. The number of benzene rings is 7. The molecule has 3 heterocycles. The summed E-state index contributed by atoms with van der Waals surface area (Å²) in [5.41, 5.74) is 14.9. The maximum Gasteiger partial charge on any atom is 0.0629 e. The van der Waals surface area contributed by atoms with Crippen LogP contribution in [0.25, 0.3) is 66.1 Å². The van der Waals surface area contributed by atoms with Crippen molar-refractivity contribution in [2.45, 2.75) is 18.9 Å². The summed E-state index contributed by atoms with van der Waals surface area (Å²) in [4.78, 5) is 2.50. The van der Waals surface area contributed by atoms with Crippen molar-refractivity contribution in [1.82, 2.24) is 9.13 Å². The zero-order chi connectivity index (χ0) is 34.3. The molecule has 2 aliphatic rings. The summed E-state index contributed by atoms with van der Waals surface area (Å²) in [5.74, 6) is 0.298. The van der Waals surface area contributed by atoms with Gasteiger partial charge in [0.1, 0.15) is 0 Å². The zero-order valence-corrected chi connectivity index (χ0v) is 28.8. The zero-order valence-electron chi connectivity index (χ0n) is 28.8. The smallest absolute Gasteiger partial charge is 0.0629 e. The van der Waals surface area contributed by atoms with Crippen molar-refractivity contribution in [2.24, 2.45) is 0 Å². The highest BCUT2D eigenvalue weighted by atomic mass is 15.2. The molecule has 1 aliphatic carbocycles. The van der Waals surface area contributed by atoms with Gasteiger partial charge in [0.25, 0.3) is 0 Å². The lowest BCUT2D eigenvalue weighted by atomic mass is 9.91. The van der Waals surface area contributed by atoms with Crippen molar-refractivity contribution in [3.05, 3.63) is 193 Å². The highest BCUT2D eigenvalue weighted by Gasteiger charge is 2.37. The minimum atomic E-state index is 0.265. The van der Waals surface area contributed by atoms with Crippen LogP contribution in [0.15, 0.2) is 182 Å². The first kappa shape index (κ1) is 29.2. The summed E-state index contributed by atoms with van der Waals surface area (Å²) in [7, 11) is 0. The van der Waals surface area contributed by atoms with Crippen LogP contribution in [0.3, 0.4) is 0 Å². The second-order valence-electron chi connectivity index (χ2n) is 14.2. The van der Waals surface area contributed by atoms with E-state index in [0.29, 0.717) is 5.92 Å². The summed E-state index contributed by atoms with van der Waals surface area (Å²) >= 11 is 0. The van der Waals surface area contributed by atoms with Gasteiger partial charge in [0.15, 0.2) is 0 Å². The van der Waals surface area contributed by atoms with Crippen molar-refractivity contribution in [2.75, 3.05) is 4.90 Å².